The summed E-state index contributed by atoms with van der Waals surface area (Å²) in [7, 11) is 0. The highest BCUT2D eigenvalue weighted by atomic mass is 35.5. The quantitative estimate of drug-likeness (QED) is 0.741. The Morgan fingerprint density at radius 3 is 2.57 bits per heavy atom. The number of aromatic nitrogens is 2. The van der Waals surface area contributed by atoms with Gasteiger partial charge in [0.25, 0.3) is 5.88 Å². The van der Waals surface area contributed by atoms with Crippen molar-refractivity contribution >= 4 is 17.4 Å². The van der Waals surface area contributed by atoms with Crippen LogP contribution in [0.15, 0.2) is 0 Å². The highest BCUT2D eigenvalue weighted by molar-refractivity contribution is 6.28. The maximum absolute atomic E-state index is 6.05. The van der Waals surface area contributed by atoms with E-state index in [0.29, 0.717) is 37.3 Å². The van der Waals surface area contributed by atoms with E-state index in [1.54, 1.807) is 0 Å². The molecule has 0 aromatic carbocycles. The average molecular weight is 314 g/mol. The molecular formula is C14H20ClN3O3. The van der Waals surface area contributed by atoms with Gasteiger partial charge < -0.3 is 19.1 Å². The monoisotopic (exact) mass is 313 g/mol. The average Bonchev–Trinajstić information content (AvgIpc) is 2.45. The first-order chi connectivity index (χ1) is 9.95. The molecule has 2 aliphatic heterocycles. The van der Waals surface area contributed by atoms with Gasteiger partial charge in [0.2, 0.25) is 11.0 Å². The third-order valence-electron chi connectivity index (χ3n) is 3.70. The van der Waals surface area contributed by atoms with Crippen LogP contribution in [0.1, 0.15) is 20.8 Å². The lowest BCUT2D eigenvalue weighted by Crippen LogP contribution is -2.42. The van der Waals surface area contributed by atoms with Crippen molar-refractivity contribution in [2.75, 3.05) is 37.8 Å². The molecule has 0 unspecified atom stereocenters. The summed E-state index contributed by atoms with van der Waals surface area (Å²) >= 11 is 6.05. The standard InChI is InChI=1S/C14H20ClN3O3/c1-14(2,3)9-8-20-10-11(18-4-6-19-7-5-18)16-13(15)17-12(10)21-9/h9H,4-8H2,1-3H3/t9-/m0/s1. The molecule has 1 atom stereocenters. The number of fused-ring (bicyclic) bond motifs is 1. The lowest BCUT2D eigenvalue weighted by molar-refractivity contribution is 0.0116. The van der Waals surface area contributed by atoms with Crippen molar-refractivity contribution in [2.24, 2.45) is 5.41 Å². The Labute approximate surface area is 129 Å². The van der Waals surface area contributed by atoms with E-state index in [1.807, 2.05) is 0 Å². The molecule has 1 aromatic heterocycles. The van der Waals surface area contributed by atoms with Gasteiger partial charge in [-0.15, -0.1) is 0 Å². The molecule has 0 saturated carbocycles. The van der Waals surface area contributed by atoms with Crippen LogP contribution < -0.4 is 14.4 Å². The second-order valence-corrected chi connectivity index (χ2v) is 6.67. The van der Waals surface area contributed by atoms with E-state index in [2.05, 4.69) is 35.6 Å². The van der Waals surface area contributed by atoms with Crippen LogP contribution in [-0.2, 0) is 4.74 Å². The first-order valence-electron chi connectivity index (χ1n) is 7.15. The molecular weight excluding hydrogens is 294 g/mol. The maximum Gasteiger partial charge on any atom is 0.264 e. The van der Waals surface area contributed by atoms with E-state index in [-0.39, 0.29) is 16.8 Å². The van der Waals surface area contributed by atoms with Gasteiger partial charge >= 0.3 is 0 Å². The van der Waals surface area contributed by atoms with Crippen LogP contribution in [-0.4, -0.2) is 49.0 Å². The van der Waals surface area contributed by atoms with Gasteiger partial charge in [0.1, 0.15) is 12.7 Å². The summed E-state index contributed by atoms with van der Waals surface area (Å²) in [6.45, 7) is 9.66. The number of nitrogens with zero attached hydrogens (tertiary/aromatic N) is 3. The van der Waals surface area contributed by atoms with Crippen molar-refractivity contribution in [2.45, 2.75) is 26.9 Å². The Hall–Kier alpha value is -1.27. The van der Waals surface area contributed by atoms with Crippen LogP contribution in [0.5, 0.6) is 11.6 Å². The first-order valence-corrected chi connectivity index (χ1v) is 7.52. The zero-order valence-corrected chi connectivity index (χ0v) is 13.3. The van der Waals surface area contributed by atoms with Crippen LogP contribution >= 0.6 is 11.6 Å². The number of hydrogen-bond donors (Lipinski definition) is 0. The van der Waals surface area contributed by atoms with E-state index in [1.165, 1.54) is 0 Å². The van der Waals surface area contributed by atoms with Crippen LogP contribution in [0, 0.1) is 5.41 Å². The lowest BCUT2D eigenvalue weighted by atomic mass is 9.89. The molecule has 21 heavy (non-hydrogen) atoms. The molecule has 0 aliphatic carbocycles. The Balaban J connectivity index is 1.92. The molecule has 0 spiro atoms. The second-order valence-electron chi connectivity index (χ2n) is 6.33. The number of hydrogen-bond acceptors (Lipinski definition) is 6. The van der Waals surface area contributed by atoms with Crippen molar-refractivity contribution < 1.29 is 14.2 Å². The zero-order chi connectivity index (χ0) is 15.0. The van der Waals surface area contributed by atoms with Crippen molar-refractivity contribution in [3.05, 3.63) is 5.28 Å². The third-order valence-corrected chi connectivity index (χ3v) is 3.87. The molecule has 1 fully saturated rings. The molecule has 116 valence electrons. The van der Waals surface area contributed by atoms with Crippen LogP contribution in [0.25, 0.3) is 0 Å². The molecule has 3 rings (SSSR count). The summed E-state index contributed by atoms with van der Waals surface area (Å²) < 4.78 is 17.3. The van der Waals surface area contributed by atoms with E-state index < -0.39 is 0 Å². The molecule has 0 N–H and O–H groups in total. The molecule has 6 nitrogen and oxygen atoms in total. The van der Waals surface area contributed by atoms with Gasteiger partial charge in [0, 0.05) is 18.5 Å². The topological polar surface area (TPSA) is 56.7 Å². The van der Waals surface area contributed by atoms with Gasteiger partial charge in [-0.1, -0.05) is 20.8 Å². The molecule has 0 bridgehead atoms. The fourth-order valence-corrected chi connectivity index (χ4v) is 2.50. The van der Waals surface area contributed by atoms with Crippen molar-refractivity contribution in [3.8, 4) is 11.6 Å². The summed E-state index contributed by atoms with van der Waals surface area (Å²) in [5.74, 6) is 1.71. The SMILES string of the molecule is CC(C)(C)[C@@H]1COc2c(nc(Cl)nc2N2CCOCC2)O1. The van der Waals surface area contributed by atoms with Crippen LogP contribution in [0.4, 0.5) is 5.82 Å². The van der Waals surface area contributed by atoms with Crippen molar-refractivity contribution in [3.63, 3.8) is 0 Å². The molecule has 1 saturated heterocycles. The Morgan fingerprint density at radius 1 is 1.19 bits per heavy atom. The molecule has 0 amide bonds. The summed E-state index contributed by atoms with van der Waals surface area (Å²) in [6, 6.07) is 0. The highest BCUT2D eigenvalue weighted by Gasteiger charge is 2.35. The van der Waals surface area contributed by atoms with Gasteiger partial charge in [-0.2, -0.15) is 9.97 Å². The minimum Gasteiger partial charge on any atom is -0.481 e. The predicted molar refractivity (Wildman–Crippen MR) is 79.4 cm³/mol. The maximum atomic E-state index is 6.05. The molecule has 2 aliphatic rings. The molecule has 7 heteroatoms. The lowest BCUT2D eigenvalue weighted by Gasteiger charge is -2.36. The van der Waals surface area contributed by atoms with Crippen molar-refractivity contribution in [1.82, 2.24) is 9.97 Å². The Kier molecular flexibility index (Phi) is 3.84. The molecule has 0 radical (unpaired) electrons. The number of morpholine rings is 1. The van der Waals surface area contributed by atoms with Crippen LogP contribution in [0.3, 0.4) is 0 Å². The number of anilines is 1. The van der Waals surface area contributed by atoms with Gasteiger partial charge in [-0.05, 0) is 11.6 Å². The molecule has 1 aromatic rings. The van der Waals surface area contributed by atoms with E-state index in [9.17, 15) is 0 Å². The smallest absolute Gasteiger partial charge is 0.264 e. The van der Waals surface area contributed by atoms with Gasteiger partial charge in [0.05, 0.1) is 13.2 Å². The third kappa shape index (κ3) is 3.01. The molecule has 3 heterocycles. The summed E-state index contributed by atoms with van der Waals surface area (Å²) in [6.07, 6.45) is -0.0616. The number of halogens is 1. The van der Waals surface area contributed by atoms with Crippen LogP contribution in [0.2, 0.25) is 5.28 Å². The number of ether oxygens (including phenoxy) is 3. The van der Waals surface area contributed by atoms with E-state index >= 15 is 0 Å². The summed E-state index contributed by atoms with van der Waals surface area (Å²) in [4.78, 5) is 10.6. The predicted octanol–water partition coefficient (Wildman–Crippen LogP) is 2.15. The fourth-order valence-electron chi connectivity index (χ4n) is 2.34. The Morgan fingerprint density at radius 2 is 1.90 bits per heavy atom. The van der Waals surface area contributed by atoms with Gasteiger partial charge in [-0.3, -0.25) is 0 Å². The minimum absolute atomic E-state index is 0.0335. The van der Waals surface area contributed by atoms with E-state index in [4.69, 9.17) is 25.8 Å². The van der Waals surface area contributed by atoms with E-state index in [0.717, 1.165) is 13.1 Å². The largest absolute Gasteiger partial charge is 0.481 e. The Bertz CT molecular complexity index is 527. The summed E-state index contributed by atoms with van der Waals surface area (Å²) in [5, 5.41) is 0.174. The zero-order valence-electron chi connectivity index (χ0n) is 12.6. The number of rotatable bonds is 1. The fraction of sp³-hybridized carbons (Fsp3) is 0.714. The normalized spacial score (nSPS) is 22.3. The minimum atomic E-state index is -0.0616. The van der Waals surface area contributed by atoms with Gasteiger partial charge in [-0.25, -0.2) is 0 Å². The van der Waals surface area contributed by atoms with Crippen molar-refractivity contribution in [1.29, 1.82) is 0 Å². The highest BCUT2D eigenvalue weighted by Crippen LogP contribution is 2.41. The second kappa shape index (κ2) is 5.50. The van der Waals surface area contributed by atoms with Gasteiger partial charge in [0.15, 0.2) is 5.82 Å². The summed E-state index contributed by atoms with van der Waals surface area (Å²) in [5.41, 5.74) is -0.0335. The first kappa shape index (κ1) is 14.7.